The van der Waals surface area contributed by atoms with Gasteiger partial charge < -0.3 is 25.8 Å². The van der Waals surface area contributed by atoms with Gasteiger partial charge in [-0.25, -0.2) is 14.8 Å². The summed E-state index contributed by atoms with van der Waals surface area (Å²) in [5.74, 6) is 1.10. The number of anilines is 2. The second kappa shape index (κ2) is 11.0. The highest BCUT2D eigenvalue weighted by atomic mass is 32.1. The highest BCUT2D eigenvalue weighted by Crippen LogP contribution is 2.29. The van der Waals surface area contributed by atoms with Crippen LogP contribution >= 0.6 is 11.3 Å². The minimum absolute atomic E-state index is 0.316. The van der Waals surface area contributed by atoms with Crippen molar-refractivity contribution in [3.63, 3.8) is 0 Å². The minimum atomic E-state index is -0.534. The Morgan fingerprint density at radius 1 is 1.11 bits per heavy atom. The SMILES string of the molecule is Cc1cc(N)cc(C)c1-c1cnnc(NCc2nc3cc(OCCNC(=O)OC(C)(C)C)ccc3s2)n1. The molecule has 37 heavy (non-hydrogen) atoms. The van der Waals surface area contributed by atoms with Crippen molar-refractivity contribution >= 4 is 39.3 Å². The van der Waals surface area contributed by atoms with Crippen molar-refractivity contribution in [2.24, 2.45) is 0 Å². The van der Waals surface area contributed by atoms with Crippen LogP contribution in [0, 0.1) is 13.8 Å². The number of ether oxygens (including phenoxy) is 2. The van der Waals surface area contributed by atoms with E-state index < -0.39 is 11.7 Å². The Hall–Kier alpha value is -3.99. The van der Waals surface area contributed by atoms with Crippen molar-refractivity contribution < 1.29 is 14.3 Å². The first-order valence-corrected chi connectivity index (χ1v) is 12.7. The third-order valence-corrected chi connectivity index (χ3v) is 6.25. The molecule has 4 N–H and O–H groups in total. The molecule has 0 fully saturated rings. The Morgan fingerprint density at radius 2 is 1.86 bits per heavy atom. The minimum Gasteiger partial charge on any atom is -0.492 e. The molecule has 1 amide bonds. The molecule has 2 aromatic heterocycles. The van der Waals surface area contributed by atoms with Crippen molar-refractivity contribution in [1.29, 1.82) is 0 Å². The van der Waals surface area contributed by atoms with Gasteiger partial charge in [0.2, 0.25) is 5.95 Å². The van der Waals surface area contributed by atoms with Crippen molar-refractivity contribution in [1.82, 2.24) is 25.5 Å². The monoisotopic (exact) mass is 521 g/mol. The molecule has 0 radical (unpaired) electrons. The number of aromatic nitrogens is 4. The maximum Gasteiger partial charge on any atom is 0.407 e. The zero-order chi connectivity index (χ0) is 26.6. The van der Waals surface area contributed by atoms with Crippen LogP contribution in [-0.4, -0.2) is 45.0 Å². The predicted octanol–water partition coefficient (Wildman–Crippen LogP) is 4.86. The van der Waals surface area contributed by atoms with Crippen LogP contribution in [0.25, 0.3) is 21.5 Å². The van der Waals surface area contributed by atoms with E-state index in [4.69, 9.17) is 20.2 Å². The lowest BCUT2D eigenvalue weighted by molar-refractivity contribution is 0.0520. The van der Waals surface area contributed by atoms with Gasteiger partial charge in [-0.15, -0.1) is 16.4 Å². The average Bonchev–Trinajstić information content (AvgIpc) is 3.21. The molecule has 2 heterocycles. The largest absolute Gasteiger partial charge is 0.492 e. The predicted molar refractivity (Wildman–Crippen MR) is 146 cm³/mol. The van der Waals surface area contributed by atoms with Gasteiger partial charge in [0.15, 0.2) is 0 Å². The lowest BCUT2D eigenvalue weighted by Gasteiger charge is -2.19. The van der Waals surface area contributed by atoms with Crippen molar-refractivity contribution in [2.45, 2.75) is 46.8 Å². The number of carbonyl (C=O) groups is 1. The summed E-state index contributed by atoms with van der Waals surface area (Å²) in [6, 6.07) is 9.59. The summed E-state index contributed by atoms with van der Waals surface area (Å²) in [5.41, 5.74) is 10.8. The summed E-state index contributed by atoms with van der Waals surface area (Å²) in [5, 5.41) is 15.0. The molecule has 0 aliphatic rings. The van der Waals surface area contributed by atoms with Gasteiger partial charge in [0.25, 0.3) is 0 Å². The summed E-state index contributed by atoms with van der Waals surface area (Å²) in [6.45, 7) is 10.6. The van der Waals surface area contributed by atoms with Gasteiger partial charge in [-0.1, -0.05) is 0 Å². The molecule has 0 aliphatic carbocycles. The lowest BCUT2D eigenvalue weighted by Crippen LogP contribution is -2.34. The molecular formula is C26H31N7O3S. The standard InChI is InChI=1S/C26H31N7O3S/c1-15-10-17(27)11-16(2)23(15)20-13-30-33-24(32-20)29-14-22-31-19-12-18(6-7-21(19)37-22)35-9-8-28-25(34)36-26(3,4)5/h6-7,10-13H,8-9,14,27H2,1-5H3,(H,28,34)(H,29,32,33). The number of amides is 1. The Morgan fingerprint density at radius 3 is 2.59 bits per heavy atom. The number of hydrogen-bond acceptors (Lipinski definition) is 10. The molecule has 0 spiro atoms. The molecule has 0 atom stereocenters. The number of aryl methyl sites for hydroxylation is 2. The van der Waals surface area contributed by atoms with E-state index in [-0.39, 0.29) is 0 Å². The summed E-state index contributed by atoms with van der Waals surface area (Å²) in [6.07, 6.45) is 1.19. The lowest BCUT2D eigenvalue weighted by atomic mass is 9.99. The number of hydrogen-bond donors (Lipinski definition) is 3. The van der Waals surface area contributed by atoms with E-state index in [0.717, 1.165) is 43.3 Å². The van der Waals surface area contributed by atoms with Gasteiger partial charge >= 0.3 is 6.09 Å². The number of carbonyl (C=O) groups excluding carboxylic acids is 1. The number of nitrogens with zero attached hydrogens (tertiary/aromatic N) is 4. The zero-order valence-electron chi connectivity index (χ0n) is 21.6. The van der Waals surface area contributed by atoms with Crippen molar-refractivity contribution in [2.75, 3.05) is 24.2 Å². The Labute approximate surface area is 219 Å². The second-order valence-electron chi connectivity index (χ2n) is 9.56. The second-order valence-corrected chi connectivity index (χ2v) is 10.7. The maximum atomic E-state index is 11.7. The summed E-state index contributed by atoms with van der Waals surface area (Å²) >= 11 is 1.58. The van der Waals surface area contributed by atoms with Gasteiger partial charge in [0.1, 0.15) is 23.0 Å². The van der Waals surface area contributed by atoms with E-state index in [1.807, 2.05) is 65.0 Å². The smallest absolute Gasteiger partial charge is 0.407 e. The van der Waals surface area contributed by atoms with Gasteiger partial charge in [0, 0.05) is 17.3 Å². The van der Waals surface area contributed by atoms with Gasteiger partial charge in [0.05, 0.1) is 35.2 Å². The first-order chi connectivity index (χ1) is 17.6. The van der Waals surface area contributed by atoms with E-state index in [1.54, 1.807) is 17.5 Å². The van der Waals surface area contributed by atoms with Crippen LogP contribution in [0.4, 0.5) is 16.4 Å². The number of alkyl carbamates (subject to hydrolysis) is 1. The van der Waals surface area contributed by atoms with Crippen LogP contribution in [0.15, 0.2) is 36.5 Å². The first kappa shape index (κ1) is 26.1. The molecule has 0 unspecified atom stereocenters. The van der Waals surface area contributed by atoms with Gasteiger partial charge in [-0.05, 0) is 70.0 Å². The molecule has 10 nitrogen and oxygen atoms in total. The normalized spacial score (nSPS) is 11.4. The molecule has 0 aliphatic heterocycles. The number of thiazole rings is 1. The van der Waals surface area contributed by atoms with Crippen LogP contribution in [0.2, 0.25) is 0 Å². The molecule has 0 saturated heterocycles. The van der Waals surface area contributed by atoms with E-state index in [0.29, 0.717) is 31.4 Å². The van der Waals surface area contributed by atoms with Gasteiger partial charge in [-0.2, -0.15) is 5.10 Å². The number of benzene rings is 2. The van der Waals surface area contributed by atoms with E-state index >= 15 is 0 Å². The zero-order valence-corrected chi connectivity index (χ0v) is 22.4. The molecule has 0 saturated carbocycles. The van der Waals surface area contributed by atoms with E-state index in [1.165, 1.54) is 0 Å². The van der Waals surface area contributed by atoms with Crippen molar-refractivity contribution in [3.05, 3.63) is 52.7 Å². The fourth-order valence-electron chi connectivity index (χ4n) is 3.81. The summed E-state index contributed by atoms with van der Waals surface area (Å²) in [7, 11) is 0. The van der Waals surface area contributed by atoms with Crippen LogP contribution in [0.3, 0.4) is 0 Å². The average molecular weight is 522 g/mol. The number of nitrogens with two attached hydrogens (primary N) is 1. The molecule has 4 aromatic rings. The Kier molecular flexibility index (Phi) is 7.72. The third-order valence-electron chi connectivity index (χ3n) is 5.21. The maximum absolute atomic E-state index is 11.7. The third kappa shape index (κ3) is 7.04. The number of nitrogen functional groups attached to an aromatic ring is 1. The topological polar surface area (TPSA) is 137 Å². The van der Waals surface area contributed by atoms with Crippen molar-refractivity contribution in [3.8, 4) is 17.0 Å². The quantitative estimate of drug-likeness (QED) is 0.219. The van der Waals surface area contributed by atoms with Gasteiger partial charge in [-0.3, -0.25) is 0 Å². The molecule has 2 aromatic carbocycles. The molecule has 0 bridgehead atoms. The molecular weight excluding hydrogens is 490 g/mol. The van der Waals surface area contributed by atoms with E-state index in [9.17, 15) is 4.79 Å². The van der Waals surface area contributed by atoms with Crippen LogP contribution in [-0.2, 0) is 11.3 Å². The van der Waals surface area contributed by atoms with Crippen LogP contribution in [0.1, 0.15) is 36.9 Å². The molecule has 4 rings (SSSR count). The Balaban J connectivity index is 1.35. The Bertz CT molecular complexity index is 1390. The fraction of sp³-hybridized carbons (Fsp3) is 0.346. The summed E-state index contributed by atoms with van der Waals surface area (Å²) in [4.78, 5) is 21.1. The highest BCUT2D eigenvalue weighted by Gasteiger charge is 2.15. The molecule has 11 heteroatoms. The molecule has 194 valence electrons. The number of nitrogens with one attached hydrogen (secondary N) is 2. The number of fused-ring (bicyclic) bond motifs is 1. The van der Waals surface area contributed by atoms with E-state index in [2.05, 4.69) is 25.8 Å². The number of rotatable bonds is 8. The fourth-order valence-corrected chi connectivity index (χ4v) is 4.70. The highest BCUT2D eigenvalue weighted by molar-refractivity contribution is 7.18. The summed E-state index contributed by atoms with van der Waals surface area (Å²) < 4.78 is 12.0. The van der Waals surface area contributed by atoms with Crippen LogP contribution < -0.4 is 21.1 Å². The first-order valence-electron chi connectivity index (χ1n) is 11.9. The van der Waals surface area contributed by atoms with Crippen LogP contribution in [0.5, 0.6) is 5.75 Å².